The van der Waals surface area contributed by atoms with Gasteiger partial charge in [0.2, 0.25) is 0 Å². The van der Waals surface area contributed by atoms with Gasteiger partial charge in [-0.3, -0.25) is 0 Å². The van der Waals surface area contributed by atoms with Gasteiger partial charge in [0, 0.05) is 5.30 Å². The van der Waals surface area contributed by atoms with Crippen LogP contribution in [0.2, 0.25) is 0 Å². The van der Waals surface area contributed by atoms with E-state index in [1.54, 1.807) is 12.1 Å². The highest BCUT2D eigenvalue weighted by atomic mass is 31.0. The minimum atomic E-state index is -0.500. The van der Waals surface area contributed by atoms with Gasteiger partial charge in [0.25, 0.3) is 0 Å². The number of phenolic OH excluding ortho intramolecular Hbond substituents is 1. The molecular formula is C8H10FOP. The molecule has 0 aliphatic heterocycles. The van der Waals surface area contributed by atoms with Crippen molar-refractivity contribution in [3.63, 3.8) is 0 Å². The normalized spacial score (nSPS) is 10.1. The van der Waals surface area contributed by atoms with E-state index in [2.05, 4.69) is 9.24 Å². The predicted octanol–water partition coefficient (Wildman–Crippen LogP) is 1.59. The molecule has 1 nitrogen and oxygen atoms in total. The number of aryl methyl sites for hydroxylation is 1. The van der Waals surface area contributed by atoms with Crippen molar-refractivity contribution in [1.29, 1.82) is 0 Å². The summed E-state index contributed by atoms with van der Waals surface area (Å²) in [7, 11) is 2.27. The zero-order chi connectivity index (χ0) is 8.43. The van der Waals surface area contributed by atoms with Crippen LogP contribution in [0.15, 0.2) is 12.1 Å². The molecule has 1 rings (SSSR count). The molecule has 0 bridgehead atoms. The third-order valence-corrected chi connectivity index (χ3v) is 2.07. The van der Waals surface area contributed by atoms with Gasteiger partial charge in [0.1, 0.15) is 0 Å². The Morgan fingerprint density at radius 2 is 2.18 bits per heavy atom. The number of rotatable bonds is 1. The number of aromatic hydroxyl groups is 1. The van der Waals surface area contributed by atoms with Gasteiger partial charge in [-0.2, -0.15) is 0 Å². The van der Waals surface area contributed by atoms with Gasteiger partial charge >= 0.3 is 0 Å². The first kappa shape index (κ1) is 8.48. The Morgan fingerprint density at radius 3 is 2.73 bits per heavy atom. The summed E-state index contributed by atoms with van der Waals surface area (Å²) in [6.07, 6.45) is 0.602. The van der Waals surface area contributed by atoms with Crippen LogP contribution in [0.25, 0.3) is 0 Å². The summed E-state index contributed by atoms with van der Waals surface area (Å²) in [5, 5.41) is 9.62. The zero-order valence-electron chi connectivity index (χ0n) is 6.26. The fourth-order valence-electron chi connectivity index (χ4n) is 0.894. The Kier molecular flexibility index (Phi) is 2.45. The van der Waals surface area contributed by atoms with Crippen molar-refractivity contribution >= 4 is 14.5 Å². The monoisotopic (exact) mass is 172 g/mol. The SMILES string of the molecule is CCc1ccc(P)c(O)c1F. The van der Waals surface area contributed by atoms with Gasteiger partial charge in [-0.15, -0.1) is 9.24 Å². The largest absolute Gasteiger partial charge is 0.504 e. The molecule has 0 spiro atoms. The first-order chi connectivity index (χ1) is 5.16. The van der Waals surface area contributed by atoms with Gasteiger partial charge in [-0.1, -0.05) is 19.1 Å². The Bertz CT molecular complexity index is 273. The molecule has 1 aromatic rings. The first-order valence-corrected chi connectivity index (χ1v) is 4.00. The standard InChI is InChI=1S/C8H10FOP/c1-2-5-3-4-6(11)8(10)7(5)9/h3-4,10H,2,11H2,1H3. The number of hydrogen-bond acceptors (Lipinski definition) is 1. The molecule has 0 saturated heterocycles. The zero-order valence-corrected chi connectivity index (χ0v) is 7.42. The molecule has 1 atom stereocenters. The molecule has 0 aliphatic carbocycles. The molecule has 0 aliphatic rings. The lowest BCUT2D eigenvalue weighted by molar-refractivity contribution is 0.433. The molecule has 0 aromatic heterocycles. The summed E-state index contributed by atoms with van der Waals surface area (Å²) in [6.45, 7) is 1.85. The predicted molar refractivity (Wildman–Crippen MR) is 46.8 cm³/mol. The van der Waals surface area contributed by atoms with E-state index in [0.29, 0.717) is 17.3 Å². The van der Waals surface area contributed by atoms with E-state index >= 15 is 0 Å². The average Bonchev–Trinajstić information content (AvgIpc) is 2.01. The molecule has 1 N–H and O–H groups in total. The minimum Gasteiger partial charge on any atom is -0.504 e. The Balaban J connectivity index is 3.25. The second kappa shape index (κ2) is 3.19. The van der Waals surface area contributed by atoms with Gasteiger partial charge in [0.15, 0.2) is 11.6 Å². The summed E-state index contributed by atoms with van der Waals surface area (Å²) >= 11 is 0. The second-order valence-electron chi connectivity index (χ2n) is 2.33. The van der Waals surface area contributed by atoms with E-state index in [0.717, 1.165) is 0 Å². The molecule has 0 saturated carbocycles. The molecule has 3 heteroatoms. The van der Waals surface area contributed by atoms with Gasteiger partial charge in [-0.05, 0) is 12.0 Å². The summed E-state index contributed by atoms with van der Waals surface area (Å²) in [4.78, 5) is 0. The molecule has 0 radical (unpaired) electrons. The highest BCUT2D eigenvalue weighted by Crippen LogP contribution is 2.18. The van der Waals surface area contributed by atoms with E-state index < -0.39 is 5.82 Å². The van der Waals surface area contributed by atoms with Crippen LogP contribution in [0.5, 0.6) is 5.75 Å². The molecular weight excluding hydrogens is 162 g/mol. The summed E-state index contributed by atoms with van der Waals surface area (Å²) in [5.41, 5.74) is 0.550. The van der Waals surface area contributed by atoms with Gasteiger partial charge in [-0.25, -0.2) is 4.39 Å². The van der Waals surface area contributed by atoms with Crippen LogP contribution < -0.4 is 5.30 Å². The van der Waals surface area contributed by atoms with Crippen molar-refractivity contribution in [1.82, 2.24) is 0 Å². The minimum absolute atomic E-state index is 0.255. The van der Waals surface area contributed by atoms with E-state index in [1.807, 2.05) is 6.92 Å². The topological polar surface area (TPSA) is 20.2 Å². The van der Waals surface area contributed by atoms with Gasteiger partial charge < -0.3 is 5.11 Å². The van der Waals surface area contributed by atoms with Crippen molar-refractivity contribution in [2.75, 3.05) is 0 Å². The van der Waals surface area contributed by atoms with Crippen molar-refractivity contribution in [3.05, 3.63) is 23.5 Å². The van der Waals surface area contributed by atoms with Crippen molar-refractivity contribution in [3.8, 4) is 5.75 Å². The van der Waals surface area contributed by atoms with Crippen LogP contribution in [0.1, 0.15) is 12.5 Å². The van der Waals surface area contributed by atoms with E-state index in [9.17, 15) is 4.39 Å². The fraction of sp³-hybridized carbons (Fsp3) is 0.250. The van der Waals surface area contributed by atoms with Crippen LogP contribution in [0.4, 0.5) is 4.39 Å². The summed E-state index contributed by atoms with van der Waals surface area (Å²) in [5.74, 6) is -0.755. The smallest absolute Gasteiger partial charge is 0.168 e. The summed E-state index contributed by atoms with van der Waals surface area (Å²) in [6, 6.07) is 3.36. The maximum absolute atomic E-state index is 13.0. The lowest BCUT2D eigenvalue weighted by Crippen LogP contribution is -1.98. The van der Waals surface area contributed by atoms with Crippen molar-refractivity contribution < 1.29 is 9.50 Å². The van der Waals surface area contributed by atoms with Gasteiger partial charge in [0.05, 0.1) is 0 Å². The molecule has 1 unspecified atom stereocenters. The number of benzene rings is 1. The summed E-state index contributed by atoms with van der Waals surface area (Å²) < 4.78 is 13.0. The molecule has 11 heavy (non-hydrogen) atoms. The van der Waals surface area contributed by atoms with E-state index in [-0.39, 0.29) is 5.75 Å². The Hall–Kier alpha value is -0.620. The van der Waals surface area contributed by atoms with E-state index in [4.69, 9.17) is 5.11 Å². The maximum atomic E-state index is 13.0. The lowest BCUT2D eigenvalue weighted by Gasteiger charge is -2.03. The second-order valence-corrected chi connectivity index (χ2v) is 2.95. The van der Waals surface area contributed by atoms with Crippen LogP contribution >= 0.6 is 9.24 Å². The number of phenols is 1. The first-order valence-electron chi connectivity index (χ1n) is 3.42. The van der Waals surface area contributed by atoms with E-state index in [1.165, 1.54) is 0 Å². The molecule has 0 fully saturated rings. The van der Waals surface area contributed by atoms with Crippen LogP contribution in [-0.4, -0.2) is 5.11 Å². The Labute approximate surface area is 67.5 Å². The number of halogens is 1. The highest BCUT2D eigenvalue weighted by Gasteiger charge is 2.07. The Morgan fingerprint density at radius 1 is 1.55 bits per heavy atom. The van der Waals surface area contributed by atoms with Crippen LogP contribution in [0, 0.1) is 5.82 Å². The highest BCUT2D eigenvalue weighted by molar-refractivity contribution is 7.27. The maximum Gasteiger partial charge on any atom is 0.168 e. The lowest BCUT2D eigenvalue weighted by atomic mass is 10.1. The third-order valence-electron chi connectivity index (χ3n) is 1.61. The van der Waals surface area contributed by atoms with Crippen molar-refractivity contribution in [2.45, 2.75) is 13.3 Å². The molecule has 0 heterocycles. The third kappa shape index (κ3) is 1.51. The number of hydrogen-bond donors (Lipinski definition) is 1. The quantitative estimate of drug-likeness (QED) is 0.638. The van der Waals surface area contributed by atoms with Crippen LogP contribution in [-0.2, 0) is 6.42 Å². The average molecular weight is 172 g/mol. The molecule has 0 amide bonds. The van der Waals surface area contributed by atoms with Crippen LogP contribution in [0.3, 0.4) is 0 Å². The molecule has 60 valence electrons. The fourth-order valence-corrected chi connectivity index (χ4v) is 1.12. The van der Waals surface area contributed by atoms with Crippen molar-refractivity contribution in [2.24, 2.45) is 0 Å². The molecule has 1 aromatic carbocycles.